The minimum atomic E-state index is 0. The van der Waals surface area contributed by atoms with Crippen LogP contribution in [-0.4, -0.2) is 4.86 Å². The molecule has 0 aliphatic heterocycles. The zero-order chi connectivity index (χ0) is 20.2. The second-order valence-corrected chi connectivity index (χ2v) is 6.13. The van der Waals surface area contributed by atoms with Crippen molar-refractivity contribution < 1.29 is 39.0 Å². The quantitative estimate of drug-likeness (QED) is 0.0848. The zero-order valence-corrected chi connectivity index (χ0v) is 18.9. The van der Waals surface area contributed by atoms with E-state index in [0.29, 0.717) is 16.2 Å². The third kappa shape index (κ3) is 8.75. The van der Waals surface area contributed by atoms with Crippen molar-refractivity contribution in [1.29, 1.82) is 0 Å². The van der Waals surface area contributed by atoms with Crippen molar-refractivity contribution in [2.75, 3.05) is 0 Å². The van der Waals surface area contributed by atoms with Crippen LogP contribution in [0.5, 0.6) is 0 Å². The maximum Gasteiger partial charge on any atom is 2.00 e. The molecular weight excluding hydrogens is 468 g/mol. The van der Waals surface area contributed by atoms with Crippen molar-refractivity contribution in [1.82, 2.24) is 0 Å². The molecule has 0 amide bonds. The Bertz CT molecular complexity index is 986. The molecule has 3 nitrogen and oxygen atoms in total. The molecule has 5 aromatic rings. The van der Waals surface area contributed by atoms with E-state index in [4.69, 9.17) is 0 Å². The van der Waals surface area contributed by atoms with Crippen LogP contribution in [-0.2, 0) is 34.1 Å². The van der Waals surface area contributed by atoms with Crippen LogP contribution in [0.15, 0.2) is 139 Å². The third-order valence-electron chi connectivity index (χ3n) is 4.05. The van der Waals surface area contributed by atoms with Gasteiger partial charge >= 0.3 is 34.1 Å². The summed E-state index contributed by atoms with van der Waals surface area (Å²) in [5.41, 5.74) is 3.25. The van der Waals surface area contributed by atoms with E-state index in [1.54, 1.807) is 12.1 Å². The van der Waals surface area contributed by atoms with E-state index >= 15 is 0 Å². The van der Waals surface area contributed by atoms with Gasteiger partial charge in [-0.25, -0.2) is 36.4 Å². The van der Waals surface area contributed by atoms with E-state index in [1.165, 1.54) is 0 Å². The molecule has 0 aliphatic carbocycles. The minimum absolute atomic E-state index is 0. The number of hydrogen-bond acceptors (Lipinski definition) is 2. The van der Waals surface area contributed by atoms with E-state index in [-0.39, 0.29) is 34.1 Å². The fourth-order valence-corrected chi connectivity index (χ4v) is 2.65. The van der Waals surface area contributed by atoms with E-state index in [0.717, 1.165) is 11.1 Å². The van der Waals surface area contributed by atoms with Crippen LogP contribution in [0, 0.1) is 5.21 Å². The average molecular weight is 490 g/mol. The van der Waals surface area contributed by atoms with Crippen LogP contribution < -0.4 is 0 Å². The molecule has 0 bridgehead atoms. The Morgan fingerprint density at radius 3 is 1.68 bits per heavy atom. The summed E-state index contributed by atoms with van der Waals surface area (Å²) in [6.07, 6.45) is 0. The smallest absolute Gasteiger partial charge is 0.606 e. The van der Waals surface area contributed by atoms with Crippen molar-refractivity contribution in [2.45, 2.75) is 0 Å². The first-order chi connectivity index (χ1) is 14.3. The first kappa shape index (κ1) is 26.1. The molecule has 5 aromatic carbocycles. The molecule has 0 aliphatic rings. The van der Waals surface area contributed by atoms with Gasteiger partial charge < -0.3 is 5.21 Å². The SMILES string of the molecule is [Fe+2].[Fe+2].[O-][N+](=N[c-]1cccc1-c1ccccc1)[c-]1cccc1.c1cc[cH-]c1.c1cc[cH-]c1. The molecule has 0 radical (unpaired) electrons. The molecule has 0 spiro atoms. The van der Waals surface area contributed by atoms with Gasteiger partial charge in [0.25, 0.3) is 0 Å². The summed E-state index contributed by atoms with van der Waals surface area (Å²) < 4.78 is 0. The van der Waals surface area contributed by atoms with Crippen LogP contribution in [0.2, 0.25) is 0 Å². The summed E-state index contributed by atoms with van der Waals surface area (Å²) >= 11 is 0. The van der Waals surface area contributed by atoms with Gasteiger partial charge in [-0.1, -0.05) is 35.9 Å². The number of hydrogen-bond donors (Lipinski definition) is 0. The molecule has 0 fully saturated rings. The minimum Gasteiger partial charge on any atom is -0.606 e. The van der Waals surface area contributed by atoms with Crippen LogP contribution >= 0.6 is 0 Å². The Hall–Kier alpha value is -2.94. The Kier molecular flexibility index (Phi) is 12.6. The van der Waals surface area contributed by atoms with Crippen molar-refractivity contribution >= 4 is 11.4 Å². The summed E-state index contributed by atoms with van der Waals surface area (Å²) in [6.45, 7) is 0. The van der Waals surface area contributed by atoms with Gasteiger partial charge in [0, 0.05) is 5.69 Å². The van der Waals surface area contributed by atoms with E-state index in [9.17, 15) is 5.21 Å². The van der Waals surface area contributed by atoms with Gasteiger partial charge in [-0.2, -0.15) is 48.5 Å². The molecular formula is C26H22Fe2N2O. The molecule has 0 unspecified atom stereocenters. The normalized spacial score (nSPS) is 9.74. The number of benzene rings is 1. The fourth-order valence-electron chi connectivity index (χ4n) is 2.65. The topological polar surface area (TPSA) is 38.4 Å². The largest absolute Gasteiger partial charge is 2.00 e. The third-order valence-corrected chi connectivity index (χ3v) is 4.05. The Morgan fingerprint density at radius 1 is 0.645 bits per heavy atom. The zero-order valence-electron chi connectivity index (χ0n) is 16.7. The van der Waals surface area contributed by atoms with Gasteiger partial charge in [-0.3, -0.25) is 0 Å². The molecule has 0 N–H and O–H groups in total. The Labute approximate surface area is 204 Å². The summed E-state index contributed by atoms with van der Waals surface area (Å²) in [5, 5.41) is 16.0. The molecule has 0 heterocycles. The van der Waals surface area contributed by atoms with Crippen LogP contribution in [0.3, 0.4) is 0 Å². The van der Waals surface area contributed by atoms with E-state index in [1.807, 2.05) is 121 Å². The van der Waals surface area contributed by atoms with Crippen LogP contribution in [0.25, 0.3) is 11.1 Å². The number of nitrogens with zero attached hydrogens (tertiary/aromatic N) is 2. The Morgan fingerprint density at radius 2 is 1.19 bits per heavy atom. The van der Waals surface area contributed by atoms with Crippen molar-refractivity contribution in [2.24, 2.45) is 5.11 Å². The first-order valence-electron chi connectivity index (χ1n) is 9.40. The van der Waals surface area contributed by atoms with Gasteiger partial charge in [0.1, 0.15) is 5.69 Å². The van der Waals surface area contributed by atoms with E-state index in [2.05, 4.69) is 5.11 Å². The van der Waals surface area contributed by atoms with Crippen molar-refractivity contribution in [3.63, 3.8) is 0 Å². The molecule has 0 atom stereocenters. The van der Waals surface area contributed by atoms with E-state index < -0.39 is 0 Å². The summed E-state index contributed by atoms with van der Waals surface area (Å²) in [5.74, 6) is 0. The molecule has 31 heavy (non-hydrogen) atoms. The maximum atomic E-state index is 11.9. The van der Waals surface area contributed by atoms with Crippen LogP contribution in [0.1, 0.15) is 0 Å². The van der Waals surface area contributed by atoms with Gasteiger partial charge in [0.2, 0.25) is 0 Å². The second kappa shape index (κ2) is 14.9. The summed E-state index contributed by atoms with van der Waals surface area (Å²) in [4.78, 5) is 0.655. The monoisotopic (exact) mass is 490 g/mol. The predicted octanol–water partition coefficient (Wildman–Crippen LogP) is 7.52. The van der Waals surface area contributed by atoms with Gasteiger partial charge in [-0.15, -0.1) is 28.6 Å². The number of rotatable bonds is 3. The van der Waals surface area contributed by atoms with Gasteiger partial charge in [0.15, 0.2) is 0 Å². The average Bonchev–Trinajstić information content (AvgIpc) is 3.58. The first-order valence-corrected chi connectivity index (χ1v) is 9.40. The summed E-state index contributed by atoms with van der Waals surface area (Å²) in [7, 11) is 0. The van der Waals surface area contributed by atoms with Crippen molar-refractivity contribution in [3.05, 3.63) is 139 Å². The second-order valence-electron chi connectivity index (χ2n) is 6.13. The molecule has 0 saturated carbocycles. The molecule has 158 valence electrons. The van der Waals surface area contributed by atoms with Gasteiger partial charge in [0.05, 0.1) is 0 Å². The van der Waals surface area contributed by atoms with Crippen molar-refractivity contribution in [3.8, 4) is 11.1 Å². The molecule has 0 aromatic heterocycles. The maximum absolute atomic E-state index is 11.9. The standard InChI is InChI=1S/C16H12N2O.2C5H5.2Fe/c19-18(14-9-4-5-10-14)17-16-12-6-11-15(16)13-7-2-1-3-8-13;2*1-2-4-5-3-1;;/h1-12H;2*1-5H;;/q-2;2*-1;2*+2. The molecule has 5 rings (SSSR count). The van der Waals surface area contributed by atoms with Gasteiger partial charge in [-0.05, 0) is 5.11 Å². The predicted molar refractivity (Wildman–Crippen MR) is 119 cm³/mol. The molecule has 0 saturated heterocycles. The summed E-state index contributed by atoms with van der Waals surface area (Å²) in [6, 6.07) is 42.7. The fraction of sp³-hybridized carbons (Fsp3) is 0. The number of azo groups is 1. The Balaban J connectivity index is 0.000000331. The molecule has 5 heteroatoms. The van der Waals surface area contributed by atoms with Crippen LogP contribution in [0.4, 0.5) is 11.4 Å².